The first-order valence-electron chi connectivity index (χ1n) is 6.58. The van der Waals surface area contributed by atoms with E-state index >= 15 is 0 Å². The molecule has 1 aromatic heterocycles. The summed E-state index contributed by atoms with van der Waals surface area (Å²) in [6.07, 6.45) is -4.42. The number of alkyl halides is 3. The average molecular weight is 408 g/mol. The molecule has 0 aliphatic rings. The predicted octanol–water partition coefficient (Wildman–Crippen LogP) is 2.87. The van der Waals surface area contributed by atoms with Crippen LogP contribution >= 0.6 is 34.9 Å². The SMILES string of the molecule is NC(=O)CSc1nnc(SCC(=O)Nc2ccc(C(F)(F)F)cc2)s1. The number of amides is 2. The van der Waals surface area contributed by atoms with E-state index in [-0.39, 0.29) is 23.1 Å². The van der Waals surface area contributed by atoms with Crippen molar-refractivity contribution < 1.29 is 22.8 Å². The molecule has 0 spiro atoms. The minimum Gasteiger partial charge on any atom is -0.369 e. The quantitative estimate of drug-likeness (QED) is 0.684. The number of nitrogens with zero attached hydrogens (tertiary/aromatic N) is 2. The second-order valence-electron chi connectivity index (χ2n) is 4.50. The van der Waals surface area contributed by atoms with Crippen molar-refractivity contribution in [3.63, 3.8) is 0 Å². The molecule has 0 saturated carbocycles. The Bertz CT molecular complexity index is 750. The van der Waals surface area contributed by atoms with Gasteiger partial charge in [-0.1, -0.05) is 34.9 Å². The highest BCUT2D eigenvalue weighted by molar-refractivity contribution is 8.03. The number of hydrogen-bond donors (Lipinski definition) is 2. The lowest BCUT2D eigenvalue weighted by molar-refractivity contribution is -0.137. The lowest BCUT2D eigenvalue weighted by atomic mass is 10.2. The van der Waals surface area contributed by atoms with Gasteiger partial charge in [0.05, 0.1) is 17.1 Å². The molecule has 0 saturated heterocycles. The summed E-state index contributed by atoms with van der Waals surface area (Å²) in [4.78, 5) is 22.5. The molecule has 1 heterocycles. The van der Waals surface area contributed by atoms with Crippen molar-refractivity contribution in [2.75, 3.05) is 16.8 Å². The summed E-state index contributed by atoms with van der Waals surface area (Å²) in [5.74, 6) is -0.735. The zero-order valence-corrected chi connectivity index (χ0v) is 14.8. The summed E-state index contributed by atoms with van der Waals surface area (Å²) in [6, 6.07) is 4.18. The maximum absolute atomic E-state index is 12.5. The van der Waals surface area contributed by atoms with Crippen LogP contribution in [0.1, 0.15) is 5.56 Å². The van der Waals surface area contributed by atoms with E-state index in [1.807, 2.05) is 0 Å². The van der Waals surface area contributed by atoms with E-state index in [0.717, 1.165) is 35.7 Å². The summed E-state index contributed by atoms with van der Waals surface area (Å²) >= 11 is 3.51. The van der Waals surface area contributed by atoms with Gasteiger partial charge in [0.25, 0.3) is 0 Å². The molecule has 3 N–H and O–H groups in total. The monoisotopic (exact) mass is 408 g/mol. The van der Waals surface area contributed by atoms with Gasteiger partial charge in [0.2, 0.25) is 11.8 Å². The number of rotatable bonds is 7. The van der Waals surface area contributed by atoms with Gasteiger partial charge in [0.1, 0.15) is 0 Å². The van der Waals surface area contributed by atoms with E-state index in [2.05, 4.69) is 15.5 Å². The third kappa shape index (κ3) is 6.55. The Morgan fingerprint density at radius 1 is 1.08 bits per heavy atom. The number of aromatic nitrogens is 2. The molecule has 0 radical (unpaired) electrons. The van der Waals surface area contributed by atoms with Crippen LogP contribution in [0, 0.1) is 0 Å². The highest BCUT2D eigenvalue weighted by Gasteiger charge is 2.29. The van der Waals surface area contributed by atoms with Crippen LogP contribution < -0.4 is 11.1 Å². The average Bonchev–Trinajstić information content (AvgIpc) is 2.98. The second-order valence-corrected chi connectivity index (χ2v) is 7.92. The van der Waals surface area contributed by atoms with Gasteiger partial charge in [-0.15, -0.1) is 10.2 Å². The van der Waals surface area contributed by atoms with Gasteiger partial charge >= 0.3 is 6.18 Å². The number of carbonyl (C=O) groups is 2. The molecule has 25 heavy (non-hydrogen) atoms. The minimum absolute atomic E-state index is 0.0240. The first-order chi connectivity index (χ1) is 11.7. The number of hydrogen-bond acceptors (Lipinski definition) is 7. The molecule has 1 aromatic carbocycles. The molecule has 0 atom stereocenters. The number of benzene rings is 1. The van der Waals surface area contributed by atoms with Crippen molar-refractivity contribution in [1.82, 2.24) is 10.2 Å². The molecular formula is C13H11F3N4O2S3. The Labute approximate surface area is 152 Å². The zero-order valence-electron chi connectivity index (χ0n) is 12.4. The maximum atomic E-state index is 12.5. The van der Waals surface area contributed by atoms with Gasteiger partial charge < -0.3 is 11.1 Å². The molecule has 6 nitrogen and oxygen atoms in total. The largest absolute Gasteiger partial charge is 0.416 e. The summed E-state index contributed by atoms with van der Waals surface area (Å²) in [5, 5.41) is 10.2. The van der Waals surface area contributed by atoms with Crippen LogP contribution in [0.5, 0.6) is 0 Å². The normalized spacial score (nSPS) is 11.3. The fourth-order valence-corrected chi connectivity index (χ4v) is 4.07. The van der Waals surface area contributed by atoms with Crippen LogP contribution in [-0.2, 0) is 15.8 Å². The Morgan fingerprint density at radius 2 is 1.64 bits per heavy atom. The number of anilines is 1. The first-order valence-corrected chi connectivity index (χ1v) is 9.37. The van der Waals surface area contributed by atoms with Crippen molar-refractivity contribution >= 4 is 52.4 Å². The van der Waals surface area contributed by atoms with Gasteiger partial charge in [-0.2, -0.15) is 13.2 Å². The van der Waals surface area contributed by atoms with Crippen LogP contribution in [0.15, 0.2) is 32.9 Å². The Balaban J connectivity index is 1.81. The Morgan fingerprint density at radius 3 is 2.16 bits per heavy atom. The number of nitrogens with two attached hydrogens (primary N) is 1. The maximum Gasteiger partial charge on any atom is 0.416 e. The van der Waals surface area contributed by atoms with E-state index in [4.69, 9.17) is 5.73 Å². The van der Waals surface area contributed by atoms with Crippen LogP contribution in [0.3, 0.4) is 0 Å². The number of carbonyl (C=O) groups excluding carboxylic acids is 2. The fourth-order valence-electron chi connectivity index (χ4n) is 1.51. The number of nitrogens with one attached hydrogen (secondary N) is 1. The van der Waals surface area contributed by atoms with E-state index in [0.29, 0.717) is 8.68 Å². The molecule has 2 amide bonds. The number of thioether (sulfide) groups is 2. The molecule has 0 bridgehead atoms. The molecule has 134 valence electrons. The minimum atomic E-state index is -4.42. The summed E-state index contributed by atoms with van der Waals surface area (Å²) in [6.45, 7) is 0. The van der Waals surface area contributed by atoms with Gasteiger partial charge in [0, 0.05) is 5.69 Å². The second kappa shape index (κ2) is 8.54. The fraction of sp³-hybridized carbons (Fsp3) is 0.231. The molecule has 2 rings (SSSR count). The first kappa shape index (κ1) is 19.5. The van der Waals surface area contributed by atoms with Crippen LogP contribution in [0.25, 0.3) is 0 Å². The van der Waals surface area contributed by atoms with E-state index in [1.54, 1.807) is 0 Å². The molecule has 0 aliphatic heterocycles. The predicted molar refractivity (Wildman–Crippen MR) is 90.6 cm³/mol. The van der Waals surface area contributed by atoms with Gasteiger partial charge in [-0.25, -0.2) is 0 Å². The topological polar surface area (TPSA) is 98.0 Å². The van der Waals surface area contributed by atoms with Gasteiger partial charge in [-0.05, 0) is 24.3 Å². The Kier molecular flexibility index (Phi) is 6.67. The molecule has 0 fully saturated rings. The molecule has 0 aliphatic carbocycles. The van der Waals surface area contributed by atoms with Crippen molar-refractivity contribution in [1.29, 1.82) is 0 Å². The van der Waals surface area contributed by atoms with Crippen molar-refractivity contribution in [3.8, 4) is 0 Å². The highest BCUT2D eigenvalue weighted by Crippen LogP contribution is 2.30. The van der Waals surface area contributed by atoms with Crippen LogP contribution in [0.4, 0.5) is 18.9 Å². The van der Waals surface area contributed by atoms with E-state index in [9.17, 15) is 22.8 Å². The highest BCUT2D eigenvalue weighted by atomic mass is 32.2. The number of halogens is 3. The third-order valence-corrected chi connectivity index (χ3v) is 5.76. The summed E-state index contributed by atoms with van der Waals surface area (Å²) in [7, 11) is 0. The lowest BCUT2D eigenvalue weighted by Gasteiger charge is -2.08. The van der Waals surface area contributed by atoms with E-state index in [1.165, 1.54) is 23.5 Å². The lowest BCUT2D eigenvalue weighted by Crippen LogP contribution is -2.14. The smallest absolute Gasteiger partial charge is 0.369 e. The van der Waals surface area contributed by atoms with Crippen molar-refractivity contribution in [3.05, 3.63) is 29.8 Å². The van der Waals surface area contributed by atoms with Crippen LogP contribution in [0.2, 0.25) is 0 Å². The summed E-state index contributed by atoms with van der Waals surface area (Å²) < 4.78 is 38.5. The number of primary amides is 1. The van der Waals surface area contributed by atoms with Crippen molar-refractivity contribution in [2.24, 2.45) is 5.73 Å². The molecular weight excluding hydrogens is 397 g/mol. The van der Waals surface area contributed by atoms with Crippen LogP contribution in [-0.4, -0.2) is 33.5 Å². The zero-order chi connectivity index (χ0) is 18.4. The molecule has 2 aromatic rings. The molecule has 12 heteroatoms. The Hall–Kier alpha value is -1.79. The summed E-state index contributed by atoms with van der Waals surface area (Å²) in [5.41, 5.74) is 4.52. The van der Waals surface area contributed by atoms with Crippen molar-refractivity contribution in [2.45, 2.75) is 14.9 Å². The standard InChI is InChI=1S/C13H11F3N4O2S3/c14-13(15,16)7-1-3-8(4-2-7)18-10(22)6-24-12-20-19-11(25-12)23-5-9(17)21/h1-4H,5-6H2,(H2,17,21)(H,18,22). The third-order valence-electron chi connectivity index (χ3n) is 2.55. The van der Waals surface area contributed by atoms with Gasteiger partial charge in [-0.3, -0.25) is 9.59 Å². The molecule has 0 unspecified atom stereocenters. The van der Waals surface area contributed by atoms with Gasteiger partial charge in [0.15, 0.2) is 8.68 Å². The van der Waals surface area contributed by atoms with E-state index < -0.39 is 17.6 Å².